The van der Waals surface area contributed by atoms with E-state index in [1.54, 1.807) is 7.11 Å². The Balaban J connectivity index is 3.06. The van der Waals surface area contributed by atoms with E-state index in [-0.39, 0.29) is 5.56 Å². The van der Waals surface area contributed by atoms with Crippen LogP contribution in [-0.4, -0.2) is 36.1 Å². The second-order valence-electron chi connectivity index (χ2n) is 3.44. The van der Waals surface area contributed by atoms with Crippen LogP contribution in [0.15, 0.2) is 4.79 Å². The van der Waals surface area contributed by atoms with Gasteiger partial charge in [0.1, 0.15) is 9.39 Å². The number of nitrogens with zero attached hydrogens (tertiary/aromatic N) is 2. The molecule has 1 rings (SSSR count). The third kappa shape index (κ3) is 3.54. The van der Waals surface area contributed by atoms with Crippen molar-refractivity contribution in [2.75, 3.05) is 21.2 Å². The van der Waals surface area contributed by atoms with Crippen LogP contribution >= 0.6 is 22.6 Å². The average molecular weight is 323 g/mol. The third-order valence-electron chi connectivity index (χ3n) is 1.73. The van der Waals surface area contributed by atoms with Crippen molar-refractivity contribution < 1.29 is 4.74 Å². The lowest BCUT2D eigenvalue weighted by molar-refractivity contribution is 0.180. The molecule has 6 heteroatoms. The van der Waals surface area contributed by atoms with Gasteiger partial charge in [-0.05, 0) is 36.7 Å². The van der Waals surface area contributed by atoms with Gasteiger partial charge in [0.05, 0.1) is 18.8 Å². The summed E-state index contributed by atoms with van der Waals surface area (Å²) in [6.07, 6.45) is 0. The first-order valence-corrected chi connectivity index (χ1v) is 5.53. The molecule has 0 aliphatic carbocycles. The standard InChI is InChI=1S/C9H14IN3O2/c1-13(2)4-7-11-6(5-15-3)8(10)9(14)12-7/h4-5H2,1-3H3,(H,11,12,14). The van der Waals surface area contributed by atoms with Crippen molar-refractivity contribution in [3.63, 3.8) is 0 Å². The zero-order valence-electron chi connectivity index (χ0n) is 9.00. The molecule has 0 bridgehead atoms. The quantitative estimate of drug-likeness (QED) is 0.824. The fraction of sp³-hybridized carbons (Fsp3) is 0.556. The maximum atomic E-state index is 11.5. The fourth-order valence-corrected chi connectivity index (χ4v) is 1.57. The van der Waals surface area contributed by atoms with Crippen molar-refractivity contribution in [2.24, 2.45) is 0 Å². The highest BCUT2D eigenvalue weighted by Crippen LogP contribution is 2.06. The minimum Gasteiger partial charge on any atom is -0.378 e. The summed E-state index contributed by atoms with van der Waals surface area (Å²) in [7, 11) is 5.44. The molecule has 1 aromatic heterocycles. The Morgan fingerprint density at radius 3 is 2.73 bits per heavy atom. The lowest BCUT2D eigenvalue weighted by Crippen LogP contribution is -2.22. The molecule has 0 aliphatic heterocycles. The summed E-state index contributed by atoms with van der Waals surface area (Å²) >= 11 is 1.98. The van der Waals surface area contributed by atoms with Gasteiger partial charge in [0.2, 0.25) is 0 Å². The Morgan fingerprint density at radius 1 is 1.53 bits per heavy atom. The Morgan fingerprint density at radius 2 is 2.20 bits per heavy atom. The second kappa shape index (κ2) is 5.57. The number of hydrogen-bond acceptors (Lipinski definition) is 4. The monoisotopic (exact) mass is 323 g/mol. The molecule has 0 saturated heterocycles. The van der Waals surface area contributed by atoms with Gasteiger partial charge in [0, 0.05) is 7.11 Å². The van der Waals surface area contributed by atoms with Crippen LogP contribution in [0.1, 0.15) is 11.5 Å². The van der Waals surface area contributed by atoms with E-state index in [2.05, 4.69) is 9.97 Å². The molecule has 1 aromatic rings. The van der Waals surface area contributed by atoms with Gasteiger partial charge in [0.15, 0.2) is 0 Å². The molecule has 0 aromatic carbocycles. The number of H-pyrrole nitrogens is 1. The van der Waals surface area contributed by atoms with E-state index in [0.717, 1.165) is 0 Å². The highest BCUT2D eigenvalue weighted by atomic mass is 127. The average Bonchev–Trinajstić information content (AvgIpc) is 2.12. The van der Waals surface area contributed by atoms with Crippen LogP contribution in [0.25, 0.3) is 0 Å². The van der Waals surface area contributed by atoms with Gasteiger partial charge in [0.25, 0.3) is 5.56 Å². The van der Waals surface area contributed by atoms with Gasteiger partial charge in [-0.15, -0.1) is 0 Å². The number of nitrogens with one attached hydrogen (secondary N) is 1. The minimum absolute atomic E-state index is 0.102. The number of halogens is 1. The van der Waals surface area contributed by atoms with Crippen LogP contribution in [0, 0.1) is 3.57 Å². The summed E-state index contributed by atoms with van der Waals surface area (Å²) in [6.45, 7) is 0.978. The van der Waals surface area contributed by atoms with Gasteiger partial charge in [-0.25, -0.2) is 4.98 Å². The number of rotatable bonds is 4. The summed E-state index contributed by atoms with van der Waals surface area (Å²) in [5.41, 5.74) is 0.591. The fourth-order valence-electron chi connectivity index (χ4n) is 1.16. The molecule has 0 radical (unpaired) electrons. The van der Waals surface area contributed by atoms with Gasteiger partial charge >= 0.3 is 0 Å². The van der Waals surface area contributed by atoms with E-state index in [1.165, 1.54) is 0 Å². The first-order chi connectivity index (χ1) is 7.04. The summed E-state index contributed by atoms with van der Waals surface area (Å²) in [6, 6.07) is 0. The molecule has 0 aliphatic rings. The van der Waals surface area contributed by atoms with Crippen molar-refractivity contribution in [1.29, 1.82) is 0 Å². The van der Waals surface area contributed by atoms with Gasteiger partial charge in [-0.3, -0.25) is 4.79 Å². The third-order valence-corrected chi connectivity index (χ3v) is 2.84. The maximum Gasteiger partial charge on any atom is 0.264 e. The molecular weight excluding hydrogens is 309 g/mol. The smallest absolute Gasteiger partial charge is 0.264 e. The summed E-state index contributed by atoms with van der Waals surface area (Å²) in [4.78, 5) is 20.6. The lowest BCUT2D eigenvalue weighted by atomic mass is 10.4. The van der Waals surface area contributed by atoms with E-state index in [0.29, 0.717) is 28.2 Å². The van der Waals surface area contributed by atoms with Crippen LogP contribution < -0.4 is 5.56 Å². The number of aromatic amines is 1. The molecule has 0 fully saturated rings. The molecular formula is C9H14IN3O2. The van der Waals surface area contributed by atoms with Gasteiger partial charge in [-0.2, -0.15) is 0 Å². The number of hydrogen-bond donors (Lipinski definition) is 1. The normalized spacial score (nSPS) is 11.0. The van der Waals surface area contributed by atoms with E-state index in [9.17, 15) is 4.79 Å². The van der Waals surface area contributed by atoms with Crippen molar-refractivity contribution >= 4 is 22.6 Å². The SMILES string of the molecule is COCc1nc(CN(C)C)[nH]c(=O)c1I. The zero-order chi connectivity index (χ0) is 11.4. The molecule has 84 valence electrons. The topological polar surface area (TPSA) is 58.2 Å². The molecule has 1 N–H and O–H groups in total. The molecule has 0 saturated carbocycles. The first-order valence-electron chi connectivity index (χ1n) is 4.46. The molecule has 0 atom stereocenters. The van der Waals surface area contributed by atoms with Crippen molar-refractivity contribution in [1.82, 2.24) is 14.9 Å². The summed E-state index contributed by atoms with van der Waals surface area (Å²) in [5.74, 6) is 0.664. The molecule has 0 unspecified atom stereocenters. The molecule has 0 spiro atoms. The van der Waals surface area contributed by atoms with Crippen molar-refractivity contribution in [3.05, 3.63) is 25.4 Å². The van der Waals surface area contributed by atoms with Crippen molar-refractivity contribution in [3.8, 4) is 0 Å². The van der Waals surface area contributed by atoms with Gasteiger partial charge < -0.3 is 14.6 Å². The highest BCUT2D eigenvalue weighted by Gasteiger charge is 2.08. The van der Waals surface area contributed by atoms with Gasteiger partial charge in [-0.1, -0.05) is 0 Å². The predicted octanol–water partition coefficient (Wildman–Crippen LogP) is 0.582. The lowest BCUT2D eigenvalue weighted by Gasteiger charge is -2.10. The molecule has 0 amide bonds. The number of ether oxygens (including phenoxy) is 1. The van der Waals surface area contributed by atoms with Crippen molar-refractivity contribution in [2.45, 2.75) is 13.2 Å². The van der Waals surface area contributed by atoms with Crippen LogP contribution in [0.5, 0.6) is 0 Å². The van der Waals surface area contributed by atoms with E-state index < -0.39 is 0 Å². The van der Waals surface area contributed by atoms with E-state index >= 15 is 0 Å². The minimum atomic E-state index is -0.102. The predicted molar refractivity (Wildman–Crippen MR) is 65.7 cm³/mol. The maximum absolute atomic E-state index is 11.5. The van der Waals surface area contributed by atoms with Crippen LogP contribution in [0.4, 0.5) is 0 Å². The second-order valence-corrected chi connectivity index (χ2v) is 4.52. The summed E-state index contributed by atoms with van der Waals surface area (Å²) in [5, 5.41) is 0. The molecule has 1 heterocycles. The zero-order valence-corrected chi connectivity index (χ0v) is 11.2. The number of methoxy groups -OCH3 is 1. The first kappa shape index (κ1) is 12.6. The van der Waals surface area contributed by atoms with Crippen LogP contribution in [0.2, 0.25) is 0 Å². The molecule has 5 nitrogen and oxygen atoms in total. The highest BCUT2D eigenvalue weighted by molar-refractivity contribution is 14.1. The Labute approximate surface area is 102 Å². The van der Waals surface area contributed by atoms with E-state index in [1.807, 2.05) is 41.6 Å². The Hall–Kier alpha value is -0.470. The summed E-state index contributed by atoms with van der Waals surface area (Å²) < 4.78 is 5.58. The van der Waals surface area contributed by atoms with Crippen LogP contribution in [0.3, 0.4) is 0 Å². The largest absolute Gasteiger partial charge is 0.378 e. The Bertz CT molecular complexity index is 389. The van der Waals surface area contributed by atoms with E-state index in [4.69, 9.17) is 4.74 Å². The van der Waals surface area contributed by atoms with Crippen LogP contribution in [-0.2, 0) is 17.9 Å². The molecule has 15 heavy (non-hydrogen) atoms. The Kier molecular flexibility index (Phi) is 4.68. The number of aromatic nitrogens is 2.